The number of rotatable bonds is 7. The highest BCUT2D eigenvalue weighted by molar-refractivity contribution is 5.83. The molecule has 2 unspecified atom stereocenters. The summed E-state index contributed by atoms with van der Waals surface area (Å²) < 4.78 is 5.46. The van der Waals surface area contributed by atoms with Crippen LogP contribution in [0.1, 0.15) is 31.2 Å². The first kappa shape index (κ1) is 15.5. The molecule has 5 nitrogen and oxygen atoms in total. The van der Waals surface area contributed by atoms with E-state index in [0.717, 1.165) is 25.0 Å². The van der Waals surface area contributed by atoms with Crippen LogP contribution in [0.25, 0.3) is 0 Å². The highest BCUT2D eigenvalue weighted by Gasteiger charge is 2.22. The first-order chi connectivity index (χ1) is 10.1. The average molecular weight is 291 g/mol. The van der Waals surface area contributed by atoms with Gasteiger partial charge in [0, 0.05) is 19.4 Å². The minimum absolute atomic E-state index is 0.146. The maximum absolute atomic E-state index is 11.9. The van der Waals surface area contributed by atoms with E-state index in [1.165, 1.54) is 0 Å². The maximum atomic E-state index is 11.9. The van der Waals surface area contributed by atoms with Crippen molar-refractivity contribution in [3.63, 3.8) is 0 Å². The van der Waals surface area contributed by atoms with Gasteiger partial charge in [-0.25, -0.2) is 4.79 Å². The van der Waals surface area contributed by atoms with Crippen LogP contribution >= 0.6 is 0 Å². The smallest absolute Gasteiger partial charge is 0.326 e. The number of carboxylic acid groups (broad SMARTS) is 1. The SMILES string of the molecule is O=C(CCC1CCCO1)NC(Cc1ccccc1)C(=O)O. The Labute approximate surface area is 124 Å². The minimum atomic E-state index is -1.01. The molecule has 1 fully saturated rings. The second-order valence-electron chi connectivity index (χ2n) is 5.32. The Morgan fingerprint density at radius 3 is 2.71 bits per heavy atom. The molecule has 1 heterocycles. The number of carboxylic acids is 1. The molecule has 1 aliphatic rings. The molecule has 1 aromatic rings. The molecule has 2 atom stereocenters. The molecule has 1 saturated heterocycles. The number of benzene rings is 1. The highest BCUT2D eigenvalue weighted by atomic mass is 16.5. The van der Waals surface area contributed by atoms with Crippen molar-refractivity contribution in [1.82, 2.24) is 5.32 Å². The van der Waals surface area contributed by atoms with Gasteiger partial charge in [0.15, 0.2) is 0 Å². The summed E-state index contributed by atoms with van der Waals surface area (Å²) in [6.45, 7) is 0.762. The van der Waals surface area contributed by atoms with Crippen LogP contribution in [-0.4, -0.2) is 35.7 Å². The largest absolute Gasteiger partial charge is 0.480 e. The van der Waals surface area contributed by atoms with Crippen molar-refractivity contribution < 1.29 is 19.4 Å². The Balaban J connectivity index is 1.81. The Kier molecular flexibility index (Phi) is 5.75. The summed E-state index contributed by atoms with van der Waals surface area (Å²) in [7, 11) is 0. The van der Waals surface area contributed by atoms with Gasteiger partial charge in [0.1, 0.15) is 6.04 Å². The molecule has 114 valence electrons. The van der Waals surface area contributed by atoms with E-state index in [1.807, 2.05) is 30.3 Å². The second-order valence-corrected chi connectivity index (χ2v) is 5.32. The van der Waals surface area contributed by atoms with Crippen LogP contribution in [0.3, 0.4) is 0 Å². The van der Waals surface area contributed by atoms with Gasteiger partial charge in [-0.05, 0) is 24.8 Å². The fraction of sp³-hybridized carbons (Fsp3) is 0.500. The van der Waals surface area contributed by atoms with Crippen molar-refractivity contribution in [2.75, 3.05) is 6.61 Å². The Hall–Kier alpha value is -1.88. The number of carbonyl (C=O) groups is 2. The minimum Gasteiger partial charge on any atom is -0.480 e. The van der Waals surface area contributed by atoms with E-state index < -0.39 is 12.0 Å². The third-order valence-corrected chi connectivity index (χ3v) is 3.63. The van der Waals surface area contributed by atoms with E-state index in [9.17, 15) is 14.7 Å². The van der Waals surface area contributed by atoms with Crippen LogP contribution in [-0.2, 0) is 20.7 Å². The van der Waals surface area contributed by atoms with Gasteiger partial charge < -0.3 is 15.2 Å². The van der Waals surface area contributed by atoms with Crippen LogP contribution in [0.15, 0.2) is 30.3 Å². The highest BCUT2D eigenvalue weighted by Crippen LogP contribution is 2.16. The lowest BCUT2D eigenvalue weighted by Crippen LogP contribution is -2.42. The lowest BCUT2D eigenvalue weighted by Gasteiger charge is -2.15. The number of nitrogens with one attached hydrogen (secondary N) is 1. The number of carbonyl (C=O) groups excluding carboxylic acids is 1. The van der Waals surface area contributed by atoms with Gasteiger partial charge in [0.2, 0.25) is 5.91 Å². The summed E-state index contributed by atoms with van der Waals surface area (Å²) in [6, 6.07) is 8.41. The Morgan fingerprint density at radius 2 is 2.10 bits per heavy atom. The molecule has 5 heteroatoms. The summed E-state index contributed by atoms with van der Waals surface area (Å²) >= 11 is 0. The van der Waals surface area contributed by atoms with Crippen molar-refractivity contribution in [3.05, 3.63) is 35.9 Å². The fourth-order valence-corrected chi connectivity index (χ4v) is 2.48. The van der Waals surface area contributed by atoms with Crippen LogP contribution in [0.5, 0.6) is 0 Å². The zero-order valence-corrected chi connectivity index (χ0v) is 12.0. The Morgan fingerprint density at radius 1 is 1.33 bits per heavy atom. The molecule has 0 radical (unpaired) electrons. The van der Waals surface area contributed by atoms with E-state index in [2.05, 4.69) is 5.32 Å². The number of amides is 1. The molecule has 0 aromatic heterocycles. The monoisotopic (exact) mass is 291 g/mol. The quantitative estimate of drug-likeness (QED) is 0.802. The lowest BCUT2D eigenvalue weighted by atomic mass is 10.1. The number of hydrogen-bond donors (Lipinski definition) is 2. The van der Waals surface area contributed by atoms with Gasteiger partial charge in [-0.2, -0.15) is 0 Å². The number of hydrogen-bond acceptors (Lipinski definition) is 3. The molecule has 0 spiro atoms. The van der Waals surface area contributed by atoms with Crippen molar-refractivity contribution >= 4 is 11.9 Å². The van der Waals surface area contributed by atoms with Crippen LogP contribution in [0.2, 0.25) is 0 Å². The molecule has 2 rings (SSSR count). The molecule has 0 aliphatic carbocycles. The zero-order valence-electron chi connectivity index (χ0n) is 12.0. The number of aliphatic carboxylic acids is 1. The molecule has 1 aromatic carbocycles. The van der Waals surface area contributed by atoms with Gasteiger partial charge in [-0.1, -0.05) is 30.3 Å². The number of ether oxygens (including phenoxy) is 1. The lowest BCUT2D eigenvalue weighted by molar-refractivity contribution is -0.141. The van der Waals surface area contributed by atoms with Gasteiger partial charge in [0.05, 0.1) is 6.10 Å². The van der Waals surface area contributed by atoms with E-state index in [4.69, 9.17) is 4.74 Å². The average Bonchev–Trinajstić information content (AvgIpc) is 2.99. The first-order valence-corrected chi connectivity index (χ1v) is 7.33. The predicted molar refractivity (Wildman–Crippen MR) is 77.9 cm³/mol. The van der Waals surface area contributed by atoms with E-state index in [1.54, 1.807) is 0 Å². The van der Waals surface area contributed by atoms with Gasteiger partial charge in [-0.3, -0.25) is 4.79 Å². The normalized spacial score (nSPS) is 19.1. The second kappa shape index (κ2) is 7.78. The third kappa shape index (κ3) is 5.19. The van der Waals surface area contributed by atoms with Crippen molar-refractivity contribution in [2.24, 2.45) is 0 Å². The molecular weight excluding hydrogens is 270 g/mol. The molecular formula is C16H21NO4. The van der Waals surface area contributed by atoms with Gasteiger partial charge in [0.25, 0.3) is 0 Å². The van der Waals surface area contributed by atoms with E-state index in [0.29, 0.717) is 19.3 Å². The van der Waals surface area contributed by atoms with Crippen molar-refractivity contribution in [3.8, 4) is 0 Å². The van der Waals surface area contributed by atoms with Crippen molar-refractivity contribution in [1.29, 1.82) is 0 Å². The van der Waals surface area contributed by atoms with Crippen molar-refractivity contribution in [2.45, 2.75) is 44.2 Å². The van der Waals surface area contributed by atoms with E-state index >= 15 is 0 Å². The molecule has 1 aliphatic heterocycles. The molecule has 2 N–H and O–H groups in total. The third-order valence-electron chi connectivity index (χ3n) is 3.63. The summed E-state index contributed by atoms with van der Waals surface area (Å²) in [5.41, 5.74) is 0.893. The zero-order chi connectivity index (χ0) is 15.1. The predicted octanol–water partition coefficient (Wildman–Crippen LogP) is 1.76. The Bertz CT molecular complexity index is 468. The topological polar surface area (TPSA) is 75.6 Å². The summed E-state index contributed by atoms with van der Waals surface area (Å²) in [5.74, 6) is -1.24. The maximum Gasteiger partial charge on any atom is 0.326 e. The summed E-state index contributed by atoms with van der Waals surface area (Å²) in [5, 5.41) is 11.8. The molecule has 0 saturated carbocycles. The molecule has 21 heavy (non-hydrogen) atoms. The van der Waals surface area contributed by atoms with E-state index in [-0.39, 0.29) is 12.0 Å². The fourth-order valence-electron chi connectivity index (χ4n) is 2.48. The summed E-state index contributed by atoms with van der Waals surface area (Å²) in [6.07, 6.45) is 3.43. The molecule has 1 amide bonds. The molecule has 0 bridgehead atoms. The standard InChI is InChI=1S/C16H21NO4/c18-15(9-8-13-7-4-10-21-13)17-14(16(19)20)11-12-5-2-1-3-6-12/h1-3,5-6,13-14H,4,7-11H2,(H,17,18)(H,19,20). The van der Waals surface area contributed by atoms with Crippen LogP contribution in [0.4, 0.5) is 0 Å². The van der Waals surface area contributed by atoms with Gasteiger partial charge >= 0.3 is 5.97 Å². The first-order valence-electron chi connectivity index (χ1n) is 7.33. The van der Waals surface area contributed by atoms with Crippen LogP contribution in [0, 0.1) is 0 Å². The van der Waals surface area contributed by atoms with Gasteiger partial charge in [-0.15, -0.1) is 0 Å². The van der Waals surface area contributed by atoms with Crippen LogP contribution < -0.4 is 5.32 Å². The summed E-state index contributed by atoms with van der Waals surface area (Å²) in [4.78, 5) is 23.1.